The van der Waals surface area contributed by atoms with Crippen LogP contribution in [0.15, 0.2) is 23.0 Å². The Kier molecular flexibility index (Phi) is 5.37. The standard InChI is InChI=1S/C16H22ClN3O/c1-4-5-6-9-18-11(2)15-19-14-10-12(17)7-8-13(14)16(21)20(15)3/h7-8,10-11,18H,4-6,9H2,1-3H3/p+1/t11-/m0/s1. The van der Waals surface area contributed by atoms with Crippen LogP contribution in [0.5, 0.6) is 0 Å². The van der Waals surface area contributed by atoms with Crippen molar-refractivity contribution in [3.63, 3.8) is 0 Å². The van der Waals surface area contributed by atoms with Gasteiger partial charge in [0.05, 0.1) is 17.4 Å². The molecule has 1 aromatic heterocycles. The molecule has 0 radical (unpaired) electrons. The molecule has 1 aromatic carbocycles. The van der Waals surface area contributed by atoms with Crippen molar-refractivity contribution in [3.8, 4) is 0 Å². The summed E-state index contributed by atoms with van der Waals surface area (Å²) in [5, 5.41) is 3.46. The highest BCUT2D eigenvalue weighted by molar-refractivity contribution is 6.31. The molecule has 0 aliphatic carbocycles. The first-order chi connectivity index (χ1) is 10.0. The summed E-state index contributed by atoms with van der Waals surface area (Å²) < 4.78 is 1.65. The van der Waals surface area contributed by atoms with Gasteiger partial charge in [0.25, 0.3) is 5.56 Å². The van der Waals surface area contributed by atoms with Crippen LogP contribution in [0, 0.1) is 0 Å². The molecule has 114 valence electrons. The predicted octanol–water partition coefficient (Wildman–Crippen LogP) is 2.40. The molecule has 0 amide bonds. The van der Waals surface area contributed by atoms with Gasteiger partial charge in [0.1, 0.15) is 6.04 Å². The second kappa shape index (κ2) is 7.05. The van der Waals surface area contributed by atoms with Crippen LogP contribution >= 0.6 is 11.6 Å². The maximum absolute atomic E-state index is 12.4. The normalized spacial score (nSPS) is 12.8. The third kappa shape index (κ3) is 3.63. The zero-order valence-electron chi connectivity index (χ0n) is 12.9. The number of quaternary nitrogens is 1. The Labute approximate surface area is 130 Å². The smallest absolute Gasteiger partial charge is 0.261 e. The molecule has 21 heavy (non-hydrogen) atoms. The summed E-state index contributed by atoms with van der Waals surface area (Å²) in [5.74, 6) is 0.797. The van der Waals surface area contributed by atoms with E-state index < -0.39 is 0 Å². The molecule has 0 saturated heterocycles. The maximum Gasteiger partial charge on any atom is 0.261 e. The minimum absolute atomic E-state index is 0.0134. The van der Waals surface area contributed by atoms with Crippen molar-refractivity contribution in [1.29, 1.82) is 0 Å². The van der Waals surface area contributed by atoms with Gasteiger partial charge in [-0.25, -0.2) is 4.98 Å². The van der Waals surface area contributed by atoms with Crippen LogP contribution in [-0.2, 0) is 7.05 Å². The van der Waals surface area contributed by atoms with Crippen LogP contribution in [0.3, 0.4) is 0 Å². The summed E-state index contributed by atoms with van der Waals surface area (Å²) in [4.78, 5) is 17.0. The highest BCUT2D eigenvalue weighted by Crippen LogP contribution is 2.16. The van der Waals surface area contributed by atoms with Gasteiger partial charge in [-0.15, -0.1) is 0 Å². The number of hydrogen-bond donors (Lipinski definition) is 1. The lowest BCUT2D eigenvalue weighted by atomic mass is 10.2. The van der Waals surface area contributed by atoms with Crippen molar-refractivity contribution in [2.75, 3.05) is 6.54 Å². The highest BCUT2D eigenvalue weighted by atomic mass is 35.5. The largest absolute Gasteiger partial charge is 0.338 e. The lowest BCUT2D eigenvalue weighted by Crippen LogP contribution is -2.85. The first kappa shape index (κ1) is 16.0. The van der Waals surface area contributed by atoms with Crippen molar-refractivity contribution in [2.45, 2.75) is 39.2 Å². The molecule has 0 aliphatic heterocycles. The summed E-state index contributed by atoms with van der Waals surface area (Å²) in [5.41, 5.74) is 0.662. The molecule has 4 nitrogen and oxygen atoms in total. The highest BCUT2D eigenvalue weighted by Gasteiger charge is 2.16. The van der Waals surface area contributed by atoms with E-state index in [9.17, 15) is 4.79 Å². The summed E-state index contributed by atoms with van der Waals surface area (Å²) in [7, 11) is 1.79. The number of nitrogens with zero attached hydrogens (tertiary/aromatic N) is 2. The Morgan fingerprint density at radius 1 is 1.38 bits per heavy atom. The average molecular weight is 309 g/mol. The van der Waals surface area contributed by atoms with Gasteiger partial charge in [0.15, 0.2) is 5.82 Å². The number of hydrogen-bond acceptors (Lipinski definition) is 2. The van der Waals surface area contributed by atoms with Gasteiger partial charge in [-0.05, 0) is 38.0 Å². The molecule has 1 atom stereocenters. The topological polar surface area (TPSA) is 51.5 Å². The van der Waals surface area contributed by atoms with Crippen LogP contribution in [0.2, 0.25) is 5.02 Å². The molecule has 2 N–H and O–H groups in total. The SMILES string of the molecule is CCCCC[NH2+][C@@H](C)c1nc2cc(Cl)ccc2c(=O)n1C. The zero-order chi connectivity index (χ0) is 15.4. The number of halogens is 1. The molecule has 0 saturated carbocycles. The van der Waals surface area contributed by atoms with E-state index in [-0.39, 0.29) is 11.6 Å². The van der Waals surface area contributed by atoms with Gasteiger partial charge in [-0.3, -0.25) is 9.36 Å². The van der Waals surface area contributed by atoms with Crippen LogP contribution in [0.25, 0.3) is 10.9 Å². The molecule has 0 unspecified atom stereocenters. The monoisotopic (exact) mass is 308 g/mol. The number of nitrogens with two attached hydrogens (primary N) is 1. The van der Waals surface area contributed by atoms with Gasteiger partial charge < -0.3 is 5.32 Å². The first-order valence-electron chi connectivity index (χ1n) is 7.54. The zero-order valence-corrected chi connectivity index (χ0v) is 13.7. The Morgan fingerprint density at radius 3 is 2.86 bits per heavy atom. The number of aromatic nitrogens is 2. The molecule has 0 aliphatic rings. The maximum atomic E-state index is 12.4. The van der Waals surface area contributed by atoms with E-state index in [4.69, 9.17) is 11.6 Å². The molecular weight excluding hydrogens is 286 g/mol. The first-order valence-corrected chi connectivity index (χ1v) is 7.92. The molecule has 0 bridgehead atoms. The summed E-state index contributed by atoms with van der Waals surface area (Å²) in [6.45, 7) is 5.34. The van der Waals surface area contributed by atoms with Crippen molar-refractivity contribution in [3.05, 3.63) is 39.4 Å². The van der Waals surface area contributed by atoms with Gasteiger partial charge in [0.2, 0.25) is 0 Å². The number of rotatable bonds is 6. The number of benzene rings is 1. The Balaban J connectivity index is 2.31. The summed E-state index contributed by atoms with van der Waals surface area (Å²) in [6.07, 6.45) is 3.64. The van der Waals surface area contributed by atoms with Gasteiger partial charge in [-0.1, -0.05) is 24.9 Å². The minimum Gasteiger partial charge on any atom is -0.338 e. The van der Waals surface area contributed by atoms with Crippen molar-refractivity contribution in [2.24, 2.45) is 7.05 Å². The molecule has 5 heteroatoms. The van der Waals surface area contributed by atoms with Crippen molar-refractivity contribution < 1.29 is 5.32 Å². The van der Waals surface area contributed by atoms with Crippen LogP contribution in [0.1, 0.15) is 45.0 Å². The van der Waals surface area contributed by atoms with E-state index >= 15 is 0 Å². The molecule has 0 fully saturated rings. The third-order valence-electron chi connectivity index (χ3n) is 3.81. The Morgan fingerprint density at radius 2 is 2.14 bits per heavy atom. The summed E-state index contributed by atoms with van der Waals surface area (Å²) >= 11 is 6.00. The number of fused-ring (bicyclic) bond motifs is 1. The van der Waals surface area contributed by atoms with Crippen LogP contribution < -0.4 is 10.9 Å². The van der Waals surface area contributed by atoms with Crippen LogP contribution in [0.4, 0.5) is 0 Å². The lowest BCUT2D eigenvalue weighted by Gasteiger charge is -2.14. The molecule has 0 spiro atoms. The molecule has 2 aromatic rings. The van der Waals surface area contributed by atoms with E-state index in [0.29, 0.717) is 15.9 Å². The third-order valence-corrected chi connectivity index (χ3v) is 4.04. The second-order valence-electron chi connectivity index (χ2n) is 5.52. The van der Waals surface area contributed by atoms with E-state index in [0.717, 1.165) is 12.4 Å². The second-order valence-corrected chi connectivity index (χ2v) is 5.95. The van der Waals surface area contributed by atoms with Gasteiger partial charge in [-0.2, -0.15) is 0 Å². The van der Waals surface area contributed by atoms with E-state index in [1.54, 1.807) is 29.8 Å². The van der Waals surface area contributed by atoms with Crippen molar-refractivity contribution >= 4 is 22.5 Å². The summed E-state index contributed by atoms with van der Waals surface area (Å²) in [6, 6.07) is 5.38. The fourth-order valence-corrected chi connectivity index (χ4v) is 2.70. The fourth-order valence-electron chi connectivity index (χ4n) is 2.54. The Hall–Kier alpha value is -1.39. The quantitative estimate of drug-likeness (QED) is 0.833. The molecular formula is C16H23ClN3O+. The van der Waals surface area contributed by atoms with Gasteiger partial charge in [0, 0.05) is 12.1 Å². The van der Waals surface area contributed by atoms with E-state index in [1.807, 2.05) is 0 Å². The Bertz CT molecular complexity index is 681. The van der Waals surface area contributed by atoms with Crippen LogP contribution in [-0.4, -0.2) is 16.1 Å². The minimum atomic E-state index is -0.0134. The predicted molar refractivity (Wildman–Crippen MR) is 86.7 cm³/mol. The van der Waals surface area contributed by atoms with Crippen molar-refractivity contribution in [1.82, 2.24) is 9.55 Å². The van der Waals surface area contributed by atoms with E-state index in [2.05, 4.69) is 24.1 Å². The lowest BCUT2D eigenvalue weighted by molar-refractivity contribution is -0.694. The number of unbranched alkanes of at least 4 members (excludes halogenated alkanes) is 2. The van der Waals surface area contributed by atoms with E-state index in [1.165, 1.54) is 19.3 Å². The average Bonchev–Trinajstić information content (AvgIpc) is 2.47. The fraction of sp³-hybridized carbons (Fsp3) is 0.500. The molecule has 1 heterocycles. The van der Waals surface area contributed by atoms with Gasteiger partial charge >= 0.3 is 0 Å². The molecule has 2 rings (SSSR count).